The highest BCUT2D eigenvalue weighted by molar-refractivity contribution is 8.00. The summed E-state index contributed by atoms with van der Waals surface area (Å²) in [4.78, 5) is 3.42. The molecule has 13 rings (SSSR count). The molecule has 11 saturated carbocycles. The largest absolute Gasteiger partial charge is 0.374 e. The normalized spacial score (nSPS) is 53.9. The van der Waals surface area contributed by atoms with Crippen LogP contribution in [-0.4, -0.2) is 45.7 Å². The van der Waals surface area contributed by atoms with Crippen molar-refractivity contribution in [2.75, 3.05) is 0 Å². The van der Waals surface area contributed by atoms with Crippen LogP contribution in [0.4, 0.5) is 0 Å². The highest BCUT2D eigenvalue weighted by Gasteiger charge is 2.60. The topological polar surface area (TPSA) is 12.5 Å². The summed E-state index contributed by atoms with van der Waals surface area (Å²) < 4.78 is 6.91. The minimum absolute atomic E-state index is 0.630. The Kier molecular flexibility index (Phi) is 13.0. The fraction of sp³-hybridized carbons (Fsp3) is 1.00. The van der Waals surface area contributed by atoms with Crippen molar-refractivity contribution in [3.8, 4) is 0 Å². The summed E-state index contributed by atoms with van der Waals surface area (Å²) in [6.45, 7) is 0. The predicted molar refractivity (Wildman–Crippen MR) is 264 cm³/mol. The number of hydrogen-bond acceptors (Lipinski definition) is 3. The Morgan fingerprint density at radius 1 is 0.270 bits per heavy atom. The Morgan fingerprint density at radius 3 is 1.54 bits per heavy atom. The molecule has 3 heteroatoms. The first-order valence-corrected chi connectivity index (χ1v) is 31.2. The molecular weight excluding hydrogens is 783 g/mol. The molecule has 2 aliphatic heterocycles. The molecule has 2 heterocycles. The van der Waals surface area contributed by atoms with Gasteiger partial charge >= 0.3 is 0 Å². The highest BCUT2D eigenvalue weighted by Crippen LogP contribution is 2.65. The van der Waals surface area contributed by atoms with Gasteiger partial charge in [-0.25, -0.2) is 0 Å². The van der Waals surface area contributed by atoms with E-state index in [-0.39, 0.29) is 0 Å². The van der Waals surface area contributed by atoms with Crippen molar-refractivity contribution in [2.45, 2.75) is 278 Å². The third-order valence-electron chi connectivity index (χ3n) is 24.9. The molecule has 0 amide bonds. The van der Waals surface area contributed by atoms with Crippen LogP contribution in [0.2, 0.25) is 0 Å². The van der Waals surface area contributed by atoms with Gasteiger partial charge in [0.15, 0.2) is 0 Å². The van der Waals surface area contributed by atoms with Gasteiger partial charge in [0, 0.05) is 34.5 Å². The minimum Gasteiger partial charge on any atom is -0.374 e. The van der Waals surface area contributed by atoms with Gasteiger partial charge in [0.2, 0.25) is 0 Å². The summed E-state index contributed by atoms with van der Waals surface area (Å²) in [5.41, 5.74) is 0. The fourth-order valence-electron chi connectivity index (χ4n) is 22.3. The average Bonchev–Trinajstić information content (AvgIpc) is 3.93. The van der Waals surface area contributed by atoms with Gasteiger partial charge in [-0.15, -0.1) is 0 Å². The Morgan fingerprint density at radius 2 is 0.730 bits per heavy atom. The third kappa shape index (κ3) is 8.18. The number of ether oxygens (including phenoxy) is 1. The van der Waals surface area contributed by atoms with Crippen LogP contribution in [-0.2, 0) is 4.74 Å². The average molecular weight is 881 g/mol. The summed E-state index contributed by atoms with van der Waals surface area (Å²) in [5.74, 6) is 16.9. The molecule has 11 aliphatic carbocycles. The molecule has 0 spiro atoms. The molecule has 0 N–H and O–H groups in total. The summed E-state index contributed by atoms with van der Waals surface area (Å²) in [5, 5.41) is 1.96. The van der Waals surface area contributed by atoms with Crippen molar-refractivity contribution in [1.29, 1.82) is 0 Å². The second-order valence-corrected chi connectivity index (χ2v) is 28.4. The van der Waals surface area contributed by atoms with Crippen LogP contribution in [0.5, 0.6) is 0 Å². The van der Waals surface area contributed by atoms with Crippen molar-refractivity contribution in [2.24, 2.45) is 94.7 Å². The number of nitrogens with zero attached hydrogens (tertiary/aromatic N) is 1. The van der Waals surface area contributed by atoms with Crippen LogP contribution in [0.15, 0.2) is 0 Å². The molecule has 0 aromatic rings. The molecule has 2 saturated heterocycles. The van der Waals surface area contributed by atoms with E-state index in [1.165, 1.54) is 57.8 Å². The molecule has 18 unspecified atom stereocenters. The van der Waals surface area contributed by atoms with Crippen LogP contribution in [0.1, 0.15) is 238 Å². The maximum Gasteiger partial charge on any atom is 0.0621 e. The zero-order chi connectivity index (χ0) is 41.4. The third-order valence-corrected chi connectivity index (χ3v) is 26.8. The highest BCUT2D eigenvalue weighted by atomic mass is 32.2. The molecule has 13 fully saturated rings. The van der Waals surface area contributed by atoms with E-state index in [2.05, 4.69) is 16.7 Å². The van der Waals surface area contributed by atoms with E-state index in [0.717, 1.165) is 123 Å². The van der Waals surface area contributed by atoms with Crippen molar-refractivity contribution >= 4 is 11.8 Å². The molecule has 0 radical (unpaired) electrons. The van der Waals surface area contributed by atoms with Crippen LogP contribution in [0.25, 0.3) is 0 Å². The monoisotopic (exact) mass is 880 g/mol. The molecule has 0 aromatic heterocycles. The number of fused-ring (bicyclic) bond motifs is 11. The number of rotatable bonds is 6. The molecular formula is C60H97NOS. The Bertz CT molecular complexity index is 1510. The molecule has 354 valence electrons. The zero-order valence-electron chi connectivity index (χ0n) is 40.7. The van der Waals surface area contributed by atoms with E-state index >= 15 is 0 Å². The lowest BCUT2D eigenvalue weighted by Crippen LogP contribution is -2.55. The second-order valence-electron chi connectivity index (χ2n) is 27.1. The van der Waals surface area contributed by atoms with Crippen molar-refractivity contribution in [3.05, 3.63) is 0 Å². The van der Waals surface area contributed by atoms with Crippen LogP contribution < -0.4 is 0 Å². The van der Waals surface area contributed by atoms with Crippen LogP contribution in [0, 0.1) is 94.7 Å². The van der Waals surface area contributed by atoms with E-state index in [4.69, 9.17) is 4.74 Å². The van der Waals surface area contributed by atoms with Crippen LogP contribution in [0.3, 0.4) is 0 Å². The van der Waals surface area contributed by atoms with Gasteiger partial charge in [-0.05, 0) is 243 Å². The smallest absolute Gasteiger partial charge is 0.0621 e. The lowest BCUT2D eigenvalue weighted by atomic mass is 9.54. The van der Waals surface area contributed by atoms with E-state index in [1.54, 1.807) is 180 Å². The molecule has 2 nitrogen and oxygen atoms in total. The van der Waals surface area contributed by atoms with Gasteiger partial charge in [-0.1, -0.05) is 83.5 Å². The Labute approximate surface area is 392 Å². The molecule has 63 heavy (non-hydrogen) atoms. The molecule has 0 aromatic carbocycles. The van der Waals surface area contributed by atoms with Gasteiger partial charge in [-0.2, -0.15) is 11.8 Å². The fourth-order valence-corrected chi connectivity index (χ4v) is 24.9. The van der Waals surface area contributed by atoms with E-state index in [0.29, 0.717) is 12.2 Å². The van der Waals surface area contributed by atoms with Gasteiger partial charge in [0.25, 0.3) is 0 Å². The van der Waals surface area contributed by atoms with Crippen molar-refractivity contribution < 1.29 is 4.74 Å². The lowest BCUT2D eigenvalue weighted by molar-refractivity contribution is -0.0565. The summed E-state index contributed by atoms with van der Waals surface area (Å²) >= 11 is 2.62. The van der Waals surface area contributed by atoms with Gasteiger partial charge in [0.1, 0.15) is 0 Å². The van der Waals surface area contributed by atoms with Crippen molar-refractivity contribution in [3.63, 3.8) is 0 Å². The predicted octanol–water partition coefficient (Wildman–Crippen LogP) is 16.1. The van der Waals surface area contributed by atoms with E-state index in [9.17, 15) is 0 Å². The SMILES string of the molecule is C1CCC(C2CCC(N(C3CCC(C4CCCC5CCCCC54)CC3)C3CCC4C(CCC5CC(C6CCCC7C8CCC9OC%10CCCCC%10C9C8SC67)CCC54)C3)CC2)CC1. The lowest BCUT2D eigenvalue weighted by Gasteiger charge is -2.56. The number of thioether (sulfide) groups is 1. The first-order chi connectivity index (χ1) is 31.2. The number of hydrogen-bond donors (Lipinski definition) is 0. The maximum atomic E-state index is 6.91. The first-order valence-electron chi connectivity index (χ1n) is 30.3. The first kappa shape index (κ1) is 43.3. The van der Waals surface area contributed by atoms with Gasteiger partial charge < -0.3 is 4.74 Å². The quantitative estimate of drug-likeness (QED) is 0.264. The minimum atomic E-state index is 0.630. The van der Waals surface area contributed by atoms with Crippen LogP contribution >= 0.6 is 11.8 Å². The molecule has 0 bridgehead atoms. The Balaban J connectivity index is 0.662. The van der Waals surface area contributed by atoms with E-state index < -0.39 is 0 Å². The zero-order valence-corrected chi connectivity index (χ0v) is 41.5. The maximum absolute atomic E-state index is 6.91. The molecule has 13 aliphatic rings. The summed E-state index contributed by atoms with van der Waals surface area (Å²) in [7, 11) is 0. The summed E-state index contributed by atoms with van der Waals surface area (Å²) in [6.07, 6.45) is 58.9. The molecule has 18 atom stereocenters. The standard InChI is InChI=1S/C60H97NOS/c1-2-10-38(11-3-1)39-22-27-45(28-23-39)61(46-29-24-41(25-30-46)49-16-8-13-40-12-4-5-14-48(40)49)47-31-33-51-44(37-47)21-20-42-36-43(26-32-50(42)51)52-17-9-18-53-54-34-35-57-58(60(54)63-59(52)53)55-15-6-7-19-56(55)62-57/h38-60H,1-37H2. The van der Waals surface area contributed by atoms with Crippen molar-refractivity contribution in [1.82, 2.24) is 4.90 Å². The second kappa shape index (κ2) is 18.9. The van der Waals surface area contributed by atoms with Gasteiger partial charge in [-0.3, -0.25) is 4.90 Å². The van der Waals surface area contributed by atoms with E-state index in [1.807, 2.05) is 0 Å². The summed E-state index contributed by atoms with van der Waals surface area (Å²) in [6, 6.07) is 2.76. The Hall–Kier alpha value is 0.270. The van der Waals surface area contributed by atoms with Gasteiger partial charge in [0.05, 0.1) is 12.2 Å².